The molecule has 38 heavy (non-hydrogen) atoms. The van der Waals surface area contributed by atoms with Crippen LogP contribution in [0, 0.1) is 11.3 Å². The standard InChI is InChI=1S/C31H50N4O3/c1-25(2)23-28-29(36)32-16-8-22-38-21-7-6-13-31(30(37)33-28)14-19-35(20-15-31)27-11-17-34(18-12-27)24-26-9-4-3-5-10-26/h3-5,9-10,25,27-28H,6-8,11-24H2,1-2H3,(H,32,36)(H,33,37)/t28-/m0/s1. The number of carbonyl (C=O) groups is 2. The highest BCUT2D eigenvalue weighted by molar-refractivity contribution is 5.90. The number of hydrogen-bond donors (Lipinski definition) is 2. The molecule has 1 spiro atoms. The quantitative estimate of drug-likeness (QED) is 0.607. The molecule has 2 amide bonds. The maximum Gasteiger partial charge on any atom is 0.242 e. The molecular formula is C31H50N4O3. The minimum absolute atomic E-state index is 0.0565. The van der Waals surface area contributed by atoms with Crippen LogP contribution >= 0.6 is 0 Å². The Hall–Kier alpha value is -1.96. The molecule has 0 aliphatic carbocycles. The minimum atomic E-state index is -0.463. The molecule has 3 aliphatic rings. The van der Waals surface area contributed by atoms with Crippen molar-refractivity contribution < 1.29 is 14.3 Å². The average molecular weight is 527 g/mol. The predicted molar refractivity (Wildman–Crippen MR) is 152 cm³/mol. The van der Waals surface area contributed by atoms with Gasteiger partial charge in [-0.25, -0.2) is 0 Å². The molecule has 212 valence electrons. The second-order valence-corrected chi connectivity index (χ2v) is 12.2. The summed E-state index contributed by atoms with van der Waals surface area (Å²) in [5.74, 6) is 0.367. The molecule has 4 rings (SSSR count). The van der Waals surface area contributed by atoms with Crippen LogP contribution in [0.2, 0.25) is 0 Å². The summed E-state index contributed by atoms with van der Waals surface area (Å²) in [7, 11) is 0. The molecule has 2 N–H and O–H groups in total. The summed E-state index contributed by atoms with van der Waals surface area (Å²) in [6, 6.07) is 10.9. The van der Waals surface area contributed by atoms with Crippen molar-refractivity contribution in [2.75, 3.05) is 45.9 Å². The van der Waals surface area contributed by atoms with E-state index in [1.807, 2.05) is 0 Å². The molecule has 3 heterocycles. The fraction of sp³-hybridized carbons (Fsp3) is 0.742. The Morgan fingerprint density at radius 3 is 2.37 bits per heavy atom. The van der Waals surface area contributed by atoms with Crippen LogP contribution in [0.25, 0.3) is 0 Å². The molecule has 1 atom stereocenters. The molecule has 0 saturated carbocycles. The fourth-order valence-corrected chi connectivity index (χ4v) is 6.48. The Balaban J connectivity index is 1.35. The van der Waals surface area contributed by atoms with E-state index in [1.165, 1.54) is 18.4 Å². The molecule has 1 aromatic rings. The molecule has 0 radical (unpaired) electrons. The van der Waals surface area contributed by atoms with Gasteiger partial charge in [-0.15, -0.1) is 0 Å². The molecule has 7 heteroatoms. The fourth-order valence-electron chi connectivity index (χ4n) is 6.48. The third kappa shape index (κ3) is 8.27. The summed E-state index contributed by atoms with van der Waals surface area (Å²) in [6.07, 6.45) is 8.46. The lowest BCUT2D eigenvalue weighted by molar-refractivity contribution is -0.139. The molecule has 0 bridgehead atoms. The zero-order valence-electron chi connectivity index (χ0n) is 23.8. The van der Waals surface area contributed by atoms with Gasteiger partial charge in [0.25, 0.3) is 0 Å². The predicted octanol–water partition coefficient (Wildman–Crippen LogP) is 3.97. The first-order chi connectivity index (χ1) is 18.4. The molecule has 7 nitrogen and oxygen atoms in total. The zero-order valence-corrected chi connectivity index (χ0v) is 23.8. The lowest BCUT2D eigenvalue weighted by Crippen LogP contribution is -2.56. The lowest BCUT2D eigenvalue weighted by Gasteiger charge is -2.46. The molecular weight excluding hydrogens is 476 g/mol. The first-order valence-electron chi connectivity index (χ1n) is 15.1. The zero-order chi connectivity index (χ0) is 26.8. The van der Waals surface area contributed by atoms with Crippen molar-refractivity contribution in [2.45, 2.75) is 90.3 Å². The van der Waals surface area contributed by atoms with E-state index < -0.39 is 6.04 Å². The first kappa shape index (κ1) is 29.0. The van der Waals surface area contributed by atoms with Gasteiger partial charge in [0.05, 0.1) is 5.41 Å². The Kier molecular flexibility index (Phi) is 11.0. The topological polar surface area (TPSA) is 73.9 Å². The van der Waals surface area contributed by atoms with Gasteiger partial charge in [0.1, 0.15) is 6.04 Å². The number of carbonyl (C=O) groups excluding carboxylic acids is 2. The number of hydrogen-bond acceptors (Lipinski definition) is 5. The van der Waals surface area contributed by atoms with Gasteiger partial charge in [-0.3, -0.25) is 14.5 Å². The first-order valence-corrected chi connectivity index (χ1v) is 15.1. The second kappa shape index (κ2) is 14.4. The summed E-state index contributed by atoms with van der Waals surface area (Å²) >= 11 is 0. The number of benzene rings is 1. The summed E-state index contributed by atoms with van der Waals surface area (Å²) in [6.45, 7) is 11.4. The van der Waals surface area contributed by atoms with Crippen LogP contribution in [-0.2, 0) is 20.9 Å². The van der Waals surface area contributed by atoms with Crippen LogP contribution in [0.3, 0.4) is 0 Å². The highest BCUT2D eigenvalue weighted by atomic mass is 16.5. The molecule has 3 saturated heterocycles. The van der Waals surface area contributed by atoms with Crippen molar-refractivity contribution >= 4 is 11.8 Å². The van der Waals surface area contributed by atoms with Gasteiger partial charge in [0.2, 0.25) is 11.8 Å². The van der Waals surface area contributed by atoms with Crippen molar-refractivity contribution in [2.24, 2.45) is 11.3 Å². The van der Waals surface area contributed by atoms with E-state index in [1.54, 1.807) is 0 Å². The lowest BCUT2D eigenvalue weighted by atomic mass is 9.73. The highest BCUT2D eigenvalue weighted by Gasteiger charge is 2.43. The van der Waals surface area contributed by atoms with E-state index >= 15 is 0 Å². The van der Waals surface area contributed by atoms with Crippen LogP contribution < -0.4 is 10.6 Å². The average Bonchev–Trinajstić information content (AvgIpc) is 2.92. The van der Waals surface area contributed by atoms with Crippen molar-refractivity contribution in [3.8, 4) is 0 Å². The monoisotopic (exact) mass is 526 g/mol. The van der Waals surface area contributed by atoms with Crippen LogP contribution in [0.5, 0.6) is 0 Å². The molecule has 0 unspecified atom stereocenters. The summed E-state index contributed by atoms with van der Waals surface area (Å²) < 4.78 is 5.79. The molecule has 0 aromatic heterocycles. The van der Waals surface area contributed by atoms with Gasteiger partial charge < -0.3 is 20.3 Å². The second-order valence-electron chi connectivity index (χ2n) is 12.2. The van der Waals surface area contributed by atoms with E-state index in [0.717, 1.165) is 77.9 Å². The molecule has 1 aromatic carbocycles. The minimum Gasteiger partial charge on any atom is -0.381 e. The summed E-state index contributed by atoms with van der Waals surface area (Å²) in [5.41, 5.74) is 1.00. The van der Waals surface area contributed by atoms with Gasteiger partial charge in [0, 0.05) is 32.3 Å². The SMILES string of the molecule is CC(C)C[C@@H]1NC(=O)C2(CCCCOCCCNC1=O)CCN(C1CCN(Cc3ccccc3)CC1)CC2. The number of amides is 2. The Morgan fingerprint density at radius 2 is 1.66 bits per heavy atom. The van der Waals surface area contributed by atoms with Crippen molar-refractivity contribution in [1.29, 1.82) is 0 Å². The number of nitrogens with zero attached hydrogens (tertiary/aromatic N) is 2. The van der Waals surface area contributed by atoms with E-state index in [9.17, 15) is 9.59 Å². The largest absolute Gasteiger partial charge is 0.381 e. The highest BCUT2D eigenvalue weighted by Crippen LogP contribution is 2.39. The van der Waals surface area contributed by atoms with Crippen molar-refractivity contribution in [3.05, 3.63) is 35.9 Å². The normalized spacial score (nSPS) is 25.6. The van der Waals surface area contributed by atoms with Crippen LogP contribution in [0.1, 0.15) is 77.2 Å². The third-order valence-corrected chi connectivity index (χ3v) is 8.85. The molecule has 3 fully saturated rings. The van der Waals surface area contributed by atoms with Gasteiger partial charge in [-0.1, -0.05) is 50.6 Å². The van der Waals surface area contributed by atoms with Crippen LogP contribution in [0.15, 0.2) is 30.3 Å². The Labute approximate surface area is 230 Å². The number of rotatable bonds is 5. The van der Waals surface area contributed by atoms with E-state index in [4.69, 9.17) is 4.74 Å². The summed E-state index contributed by atoms with van der Waals surface area (Å²) in [4.78, 5) is 32.0. The van der Waals surface area contributed by atoms with Gasteiger partial charge in [-0.05, 0) is 89.0 Å². The number of likely N-dealkylation sites (tertiary alicyclic amines) is 2. The Morgan fingerprint density at radius 1 is 0.947 bits per heavy atom. The number of ether oxygens (including phenoxy) is 1. The van der Waals surface area contributed by atoms with Crippen LogP contribution in [-0.4, -0.2) is 79.6 Å². The van der Waals surface area contributed by atoms with Gasteiger partial charge in [-0.2, -0.15) is 0 Å². The summed E-state index contributed by atoms with van der Waals surface area (Å²) in [5, 5.41) is 6.26. The third-order valence-electron chi connectivity index (χ3n) is 8.85. The van der Waals surface area contributed by atoms with Crippen LogP contribution in [0.4, 0.5) is 0 Å². The molecule has 3 aliphatic heterocycles. The number of nitrogens with one attached hydrogen (secondary N) is 2. The van der Waals surface area contributed by atoms with Crippen molar-refractivity contribution in [3.63, 3.8) is 0 Å². The Bertz CT molecular complexity index is 861. The van der Waals surface area contributed by atoms with E-state index in [0.29, 0.717) is 31.5 Å². The van der Waals surface area contributed by atoms with Gasteiger partial charge in [0.15, 0.2) is 0 Å². The smallest absolute Gasteiger partial charge is 0.242 e. The maximum atomic E-state index is 13.9. The van der Waals surface area contributed by atoms with E-state index in [-0.39, 0.29) is 17.2 Å². The number of piperidine rings is 2. The van der Waals surface area contributed by atoms with Gasteiger partial charge >= 0.3 is 0 Å². The van der Waals surface area contributed by atoms with E-state index in [2.05, 4.69) is 64.6 Å². The maximum absolute atomic E-state index is 13.9. The van der Waals surface area contributed by atoms with Crippen molar-refractivity contribution in [1.82, 2.24) is 20.4 Å².